The molecule has 3 rings (SSSR count). The molecule has 0 aliphatic carbocycles. The van der Waals surface area contributed by atoms with Gasteiger partial charge < -0.3 is 4.74 Å². The maximum Gasteiger partial charge on any atom is 0.243 e. The van der Waals surface area contributed by atoms with Gasteiger partial charge in [0.05, 0.1) is 17.2 Å². The lowest BCUT2D eigenvalue weighted by atomic mass is 10.3. The molecule has 6 heteroatoms. The monoisotopic (exact) mass is 274 g/mol. The van der Waals surface area contributed by atoms with Gasteiger partial charge in [-0.2, -0.15) is 10.1 Å². The first-order chi connectivity index (χ1) is 9.15. The van der Waals surface area contributed by atoms with Crippen molar-refractivity contribution in [2.24, 2.45) is 7.05 Å². The van der Waals surface area contributed by atoms with Gasteiger partial charge in [-0.15, -0.1) is 11.3 Å². The Hall–Kier alpha value is -1.95. The molecule has 0 saturated heterocycles. The van der Waals surface area contributed by atoms with Gasteiger partial charge in [0.15, 0.2) is 5.65 Å². The van der Waals surface area contributed by atoms with Gasteiger partial charge in [0.2, 0.25) is 5.88 Å². The van der Waals surface area contributed by atoms with Crippen LogP contribution in [0.15, 0.2) is 23.7 Å². The highest BCUT2D eigenvalue weighted by Gasteiger charge is 2.16. The molecule has 0 aliphatic rings. The van der Waals surface area contributed by atoms with Crippen molar-refractivity contribution in [3.05, 3.63) is 23.7 Å². The van der Waals surface area contributed by atoms with E-state index in [1.54, 1.807) is 22.2 Å². The molecule has 0 spiro atoms. The van der Waals surface area contributed by atoms with Crippen molar-refractivity contribution in [2.75, 3.05) is 0 Å². The summed E-state index contributed by atoms with van der Waals surface area (Å²) in [5.74, 6) is 0.563. The SMILES string of the molecule is CC(C)Oc1nc2c(cnn2C)nc1-c1cccs1. The predicted molar refractivity (Wildman–Crippen MR) is 75.4 cm³/mol. The maximum absolute atomic E-state index is 5.79. The average Bonchev–Trinajstić information content (AvgIpc) is 2.99. The molecule has 3 aromatic rings. The molecular weight excluding hydrogens is 260 g/mol. The van der Waals surface area contributed by atoms with Gasteiger partial charge in [0, 0.05) is 7.05 Å². The highest BCUT2D eigenvalue weighted by Crippen LogP contribution is 2.32. The molecule has 19 heavy (non-hydrogen) atoms. The van der Waals surface area contributed by atoms with Gasteiger partial charge >= 0.3 is 0 Å². The normalized spacial score (nSPS) is 11.4. The van der Waals surface area contributed by atoms with Crippen molar-refractivity contribution < 1.29 is 4.74 Å². The van der Waals surface area contributed by atoms with Crippen LogP contribution in [0, 0.1) is 0 Å². The summed E-state index contributed by atoms with van der Waals surface area (Å²) in [6.07, 6.45) is 1.78. The van der Waals surface area contributed by atoms with E-state index in [1.807, 2.05) is 38.4 Å². The number of aryl methyl sites for hydroxylation is 1. The smallest absolute Gasteiger partial charge is 0.243 e. The van der Waals surface area contributed by atoms with Crippen molar-refractivity contribution >= 4 is 22.5 Å². The van der Waals surface area contributed by atoms with E-state index in [4.69, 9.17) is 4.74 Å². The van der Waals surface area contributed by atoms with Crippen LogP contribution in [0.3, 0.4) is 0 Å². The first-order valence-electron chi connectivity index (χ1n) is 6.05. The molecule has 0 aliphatic heterocycles. The van der Waals surface area contributed by atoms with Crippen molar-refractivity contribution in [3.8, 4) is 16.5 Å². The van der Waals surface area contributed by atoms with Gasteiger partial charge in [-0.05, 0) is 25.3 Å². The summed E-state index contributed by atoms with van der Waals surface area (Å²) in [5.41, 5.74) is 2.29. The number of hydrogen-bond donors (Lipinski definition) is 0. The molecular formula is C13H14N4OS. The molecule has 98 valence electrons. The van der Waals surface area contributed by atoms with Gasteiger partial charge in [-0.1, -0.05) is 6.07 Å². The number of nitrogens with zero attached hydrogens (tertiary/aromatic N) is 4. The Morgan fingerprint density at radius 1 is 1.32 bits per heavy atom. The van der Waals surface area contributed by atoms with E-state index in [0.717, 1.165) is 21.7 Å². The Bertz CT molecular complexity index is 703. The number of rotatable bonds is 3. The van der Waals surface area contributed by atoms with Crippen molar-refractivity contribution in [2.45, 2.75) is 20.0 Å². The fourth-order valence-electron chi connectivity index (χ4n) is 1.82. The fourth-order valence-corrected chi connectivity index (χ4v) is 2.53. The van der Waals surface area contributed by atoms with Crippen LogP contribution in [0.5, 0.6) is 5.88 Å². The van der Waals surface area contributed by atoms with Crippen LogP contribution in [-0.2, 0) is 7.05 Å². The second-order valence-electron chi connectivity index (χ2n) is 4.50. The summed E-state index contributed by atoms with van der Waals surface area (Å²) >= 11 is 1.62. The Kier molecular flexibility index (Phi) is 2.94. The molecule has 0 bridgehead atoms. The summed E-state index contributed by atoms with van der Waals surface area (Å²) in [6, 6.07) is 4.01. The molecule has 0 amide bonds. The lowest BCUT2D eigenvalue weighted by molar-refractivity contribution is 0.233. The van der Waals surface area contributed by atoms with E-state index in [9.17, 15) is 0 Å². The first-order valence-corrected chi connectivity index (χ1v) is 6.93. The maximum atomic E-state index is 5.79. The number of fused-ring (bicyclic) bond motifs is 1. The van der Waals surface area contributed by atoms with Crippen LogP contribution in [0.25, 0.3) is 21.7 Å². The van der Waals surface area contributed by atoms with Crippen LogP contribution in [0.2, 0.25) is 0 Å². The molecule has 0 aromatic carbocycles. The molecule has 0 unspecified atom stereocenters. The molecule has 0 N–H and O–H groups in total. The largest absolute Gasteiger partial charge is 0.473 e. The average molecular weight is 274 g/mol. The molecule has 0 saturated carbocycles. The van der Waals surface area contributed by atoms with Gasteiger partial charge in [-0.3, -0.25) is 0 Å². The fraction of sp³-hybridized carbons (Fsp3) is 0.308. The summed E-state index contributed by atoms with van der Waals surface area (Å²) in [5, 5.41) is 6.20. The Balaban J connectivity index is 2.22. The highest BCUT2D eigenvalue weighted by atomic mass is 32.1. The third kappa shape index (κ3) is 2.19. The second kappa shape index (κ2) is 4.62. The Labute approximate surface area is 114 Å². The standard InChI is InChI=1S/C13H14N4OS/c1-8(2)18-13-11(10-5-4-6-19-10)15-9-7-14-17(3)12(9)16-13/h4-8H,1-3H3. The minimum atomic E-state index is 0.0543. The minimum Gasteiger partial charge on any atom is -0.473 e. The van der Waals surface area contributed by atoms with Crippen LogP contribution in [0.1, 0.15) is 13.8 Å². The van der Waals surface area contributed by atoms with E-state index in [-0.39, 0.29) is 6.10 Å². The zero-order valence-corrected chi connectivity index (χ0v) is 11.8. The van der Waals surface area contributed by atoms with Crippen LogP contribution in [0.4, 0.5) is 0 Å². The highest BCUT2D eigenvalue weighted by molar-refractivity contribution is 7.13. The Morgan fingerprint density at radius 2 is 2.16 bits per heavy atom. The predicted octanol–water partition coefficient (Wildman–Crippen LogP) is 2.88. The third-order valence-electron chi connectivity index (χ3n) is 2.63. The van der Waals surface area contributed by atoms with Crippen LogP contribution in [-0.4, -0.2) is 25.9 Å². The van der Waals surface area contributed by atoms with E-state index in [0.29, 0.717) is 5.88 Å². The molecule has 5 nitrogen and oxygen atoms in total. The molecule has 0 fully saturated rings. The topological polar surface area (TPSA) is 52.8 Å². The van der Waals surface area contributed by atoms with Gasteiger partial charge in [0.25, 0.3) is 0 Å². The van der Waals surface area contributed by atoms with Crippen molar-refractivity contribution in [1.29, 1.82) is 0 Å². The van der Waals surface area contributed by atoms with Gasteiger partial charge in [0.1, 0.15) is 11.2 Å². The lowest BCUT2D eigenvalue weighted by Crippen LogP contribution is -2.09. The molecule has 3 aromatic heterocycles. The number of aromatic nitrogens is 4. The van der Waals surface area contributed by atoms with Crippen molar-refractivity contribution in [3.63, 3.8) is 0 Å². The van der Waals surface area contributed by atoms with E-state index < -0.39 is 0 Å². The van der Waals surface area contributed by atoms with Gasteiger partial charge in [-0.25, -0.2) is 9.67 Å². The quantitative estimate of drug-likeness (QED) is 0.737. The lowest BCUT2D eigenvalue weighted by Gasteiger charge is -2.11. The van der Waals surface area contributed by atoms with Crippen LogP contribution >= 0.6 is 11.3 Å². The van der Waals surface area contributed by atoms with E-state index >= 15 is 0 Å². The zero-order chi connectivity index (χ0) is 13.4. The summed E-state index contributed by atoms with van der Waals surface area (Å²) in [7, 11) is 1.85. The Morgan fingerprint density at radius 3 is 2.84 bits per heavy atom. The third-order valence-corrected chi connectivity index (χ3v) is 3.51. The van der Waals surface area contributed by atoms with Crippen LogP contribution < -0.4 is 4.74 Å². The summed E-state index contributed by atoms with van der Waals surface area (Å²) in [6.45, 7) is 3.96. The summed E-state index contributed by atoms with van der Waals surface area (Å²) < 4.78 is 7.50. The minimum absolute atomic E-state index is 0.0543. The first kappa shape index (κ1) is 12.1. The second-order valence-corrected chi connectivity index (χ2v) is 5.45. The number of hydrogen-bond acceptors (Lipinski definition) is 5. The molecule has 0 atom stereocenters. The molecule has 0 radical (unpaired) electrons. The zero-order valence-electron chi connectivity index (χ0n) is 11.0. The summed E-state index contributed by atoms with van der Waals surface area (Å²) in [4.78, 5) is 10.2. The molecule has 3 heterocycles. The van der Waals surface area contributed by atoms with E-state index in [1.165, 1.54) is 0 Å². The van der Waals surface area contributed by atoms with Crippen molar-refractivity contribution in [1.82, 2.24) is 19.7 Å². The van der Waals surface area contributed by atoms with E-state index in [2.05, 4.69) is 15.1 Å². The number of ether oxygens (including phenoxy) is 1. The number of thiophene rings is 1.